The van der Waals surface area contributed by atoms with E-state index in [4.69, 9.17) is 4.74 Å². The van der Waals surface area contributed by atoms with Crippen molar-refractivity contribution in [1.29, 1.82) is 0 Å². The number of benzene rings is 1. The maximum atomic E-state index is 9.92. The number of nitrogens with zero attached hydrogens (tertiary/aromatic N) is 1. The molecule has 1 saturated heterocycles. The second-order valence-electron chi connectivity index (χ2n) is 5.73. The van der Waals surface area contributed by atoms with Crippen LogP contribution in [-0.4, -0.2) is 53.1 Å². The predicted molar refractivity (Wildman–Crippen MR) is 79.0 cm³/mol. The summed E-state index contributed by atoms with van der Waals surface area (Å²) in [7, 11) is 0. The van der Waals surface area contributed by atoms with Crippen molar-refractivity contribution < 1.29 is 14.9 Å². The minimum atomic E-state index is -0.952. The monoisotopic (exact) mass is 279 g/mol. The van der Waals surface area contributed by atoms with Gasteiger partial charge in [0.2, 0.25) is 0 Å². The van der Waals surface area contributed by atoms with Crippen LogP contribution in [0.25, 0.3) is 0 Å². The Morgan fingerprint density at radius 3 is 2.85 bits per heavy atom. The fraction of sp³-hybridized carbons (Fsp3) is 0.625. The standard InChI is InChI=1S/C16H25NO3/c1-3-13-6-4-5-7-14(13)20-11-10-17-9-8-16(2,19)15(18)12-17/h4-7,15,18-19H,3,8-12H2,1-2H3. The van der Waals surface area contributed by atoms with E-state index in [1.807, 2.05) is 18.2 Å². The highest BCUT2D eigenvalue weighted by Gasteiger charge is 2.35. The van der Waals surface area contributed by atoms with E-state index in [2.05, 4.69) is 17.9 Å². The number of likely N-dealkylation sites (tertiary alicyclic amines) is 1. The van der Waals surface area contributed by atoms with Crippen molar-refractivity contribution in [1.82, 2.24) is 4.90 Å². The molecule has 1 aromatic carbocycles. The van der Waals surface area contributed by atoms with Gasteiger partial charge in [-0.15, -0.1) is 0 Å². The van der Waals surface area contributed by atoms with Gasteiger partial charge in [0.15, 0.2) is 0 Å². The lowest BCUT2D eigenvalue weighted by Gasteiger charge is -2.39. The highest BCUT2D eigenvalue weighted by atomic mass is 16.5. The summed E-state index contributed by atoms with van der Waals surface area (Å²) in [6.45, 7) is 6.49. The first-order chi connectivity index (χ1) is 9.53. The van der Waals surface area contributed by atoms with Gasteiger partial charge in [-0.05, 0) is 31.4 Å². The topological polar surface area (TPSA) is 52.9 Å². The van der Waals surface area contributed by atoms with Gasteiger partial charge in [0.25, 0.3) is 0 Å². The molecule has 112 valence electrons. The van der Waals surface area contributed by atoms with Crippen LogP contribution in [0.2, 0.25) is 0 Å². The van der Waals surface area contributed by atoms with Crippen LogP contribution in [0.1, 0.15) is 25.8 Å². The molecule has 0 saturated carbocycles. The molecule has 4 nitrogen and oxygen atoms in total. The van der Waals surface area contributed by atoms with E-state index in [1.165, 1.54) is 5.56 Å². The Bertz CT molecular complexity index is 433. The molecule has 0 radical (unpaired) electrons. The van der Waals surface area contributed by atoms with E-state index >= 15 is 0 Å². The molecular weight excluding hydrogens is 254 g/mol. The molecule has 0 aromatic heterocycles. The average molecular weight is 279 g/mol. The molecule has 1 fully saturated rings. The highest BCUT2D eigenvalue weighted by Crippen LogP contribution is 2.22. The number of piperidine rings is 1. The van der Waals surface area contributed by atoms with Crippen LogP contribution in [0.15, 0.2) is 24.3 Å². The van der Waals surface area contributed by atoms with Crippen LogP contribution in [0, 0.1) is 0 Å². The van der Waals surface area contributed by atoms with Crippen LogP contribution < -0.4 is 4.74 Å². The molecular formula is C16H25NO3. The van der Waals surface area contributed by atoms with Gasteiger partial charge in [0, 0.05) is 19.6 Å². The quantitative estimate of drug-likeness (QED) is 0.856. The van der Waals surface area contributed by atoms with Crippen LogP contribution >= 0.6 is 0 Å². The van der Waals surface area contributed by atoms with Crippen molar-refractivity contribution in [3.8, 4) is 5.75 Å². The van der Waals surface area contributed by atoms with Crippen molar-refractivity contribution >= 4 is 0 Å². The maximum absolute atomic E-state index is 9.92. The Labute approximate surface area is 121 Å². The van der Waals surface area contributed by atoms with Crippen LogP contribution in [0.3, 0.4) is 0 Å². The van der Waals surface area contributed by atoms with Gasteiger partial charge in [-0.2, -0.15) is 0 Å². The summed E-state index contributed by atoms with van der Waals surface area (Å²) in [5.41, 5.74) is 0.265. The molecule has 4 heteroatoms. The normalized spacial score (nSPS) is 27.5. The van der Waals surface area contributed by atoms with E-state index in [-0.39, 0.29) is 0 Å². The second-order valence-corrected chi connectivity index (χ2v) is 5.73. The average Bonchev–Trinajstić information content (AvgIpc) is 2.43. The smallest absolute Gasteiger partial charge is 0.122 e. The lowest BCUT2D eigenvalue weighted by atomic mass is 9.91. The summed E-state index contributed by atoms with van der Waals surface area (Å²) in [6, 6.07) is 8.08. The molecule has 0 bridgehead atoms. The Kier molecular flexibility index (Phi) is 5.02. The molecule has 2 N–H and O–H groups in total. The summed E-state index contributed by atoms with van der Waals surface area (Å²) >= 11 is 0. The summed E-state index contributed by atoms with van der Waals surface area (Å²) in [4.78, 5) is 2.14. The van der Waals surface area contributed by atoms with Gasteiger partial charge in [0.1, 0.15) is 12.4 Å². The molecule has 1 aliphatic rings. The summed E-state index contributed by atoms with van der Waals surface area (Å²) in [6.07, 6.45) is 0.875. The van der Waals surface area contributed by atoms with Gasteiger partial charge in [-0.25, -0.2) is 0 Å². The zero-order valence-electron chi connectivity index (χ0n) is 12.4. The highest BCUT2D eigenvalue weighted by molar-refractivity contribution is 5.33. The van der Waals surface area contributed by atoms with E-state index in [0.29, 0.717) is 19.6 Å². The first kappa shape index (κ1) is 15.3. The van der Waals surface area contributed by atoms with Crippen molar-refractivity contribution in [3.63, 3.8) is 0 Å². The van der Waals surface area contributed by atoms with Crippen LogP contribution in [0.4, 0.5) is 0 Å². The predicted octanol–water partition coefficient (Wildman–Crippen LogP) is 1.45. The summed E-state index contributed by atoms with van der Waals surface area (Å²) in [5.74, 6) is 0.944. The van der Waals surface area contributed by atoms with Crippen molar-refractivity contribution in [2.45, 2.75) is 38.4 Å². The van der Waals surface area contributed by atoms with Gasteiger partial charge >= 0.3 is 0 Å². The van der Waals surface area contributed by atoms with Gasteiger partial charge in [-0.3, -0.25) is 4.90 Å². The lowest BCUT2D eigenvalue weighted by Crippen LogP contribution is -2.54. The molecule has 0 amide bonds. The molecule has 1 aliphatic heterocycles. The molecule has 2 rings (SSSR count). The minimum Gasteiger partial charge on any atom is -0.492 e. The zero-order chi connectivity index (χ0) is 14.6. The third-order valence-electron chi connectivity index (χ3n) is 4.10. The van der Waals surface area contributed by atoms with Gasteiger partial charge < -0.3 is 14.9 Å². The van der Waals surface area contributed by atoms with E-state index in [9.17, 15) is 10.2 Å². The van der Waals surface area contributed by atoms with Crippen molar-refractivity contribution in [2.24, 2.45) is 0 Å². The summed E-state index contributed by atoms with van der Waals surface area (Å²) in [5, 5.41) is 19.8. The number of para-hydroxylation sites is 1. The second kappa shape index (κ2) is 6.57. The van der Waals surface area contributed by atoms with Crippen molar-refractivity contribution in [3.05, 3.63) is 29.8 Å². The number of ether oxygens (including phenoxy) is 1. The molecule has 2 unspecified atom stereocenters. The fourth-order valence-corrected chi connectivity index (χ4v) is 2.51. The molecule has 0 spiro atoms. The third-order valence-corrected chi connectivity index (χ3v) is 4.10. The first-order valence-electron chi connectivity index (χ1n) is 7.36. The SMILES string of the molecule is CCc1ccccc1OCCN1CCC(C)(O)C(O)C1. The Balaban J connectivity index is 1.79. The summed E-state index contributed by atoms with van der Waals surface area (Å²) < 4.78 is 5.83. The maximum Gasteiger partial charge on any atom is 0.122 e. The number of hydrogen-bond acceptors (Lipinski definition) is 4. The van der Waals surface area contributed by atoms with Crippen molar-refractivity contribution in [2.75, 3.05) is 26.2 Å². The lowest BCUT2D eigenvalue weighted by molar-refractivity contribution is -0.108. The number of aliphatic hydroxyl groups excluding tert-OH is 1. The first-order valence-corrected chi connectivity index (χ1v) is 7.36. The third kappa shape index (κ3) is 3.72. The zero-order valence-corrected chi connectivity index (χ0v) is 12.4. The molecule has 2 atom stereocenters. The van der Waals surface area contributed by atoms with E-state index in [1.54, 1.807) is 6.92 Å². The number of aryl methyl sites for hydroxylation is 1. The Morgan fingerprint density at radius 1 is 1.40 bits per heavy atom. The number of rotatable bonds is 5. The Morgan fingerprint density at radius 2 is 2.15 bits per heavy atom. The molecule has 0 aliphatic carbocycles. The molecule has 20 heavy (non-hydrogen) atoms. The fourth-order valence-electron chi connectivity index (χ4n) is 2.51. The van der Waals surface area contributed by atoms with Gasteiger partial charge in [0.05, 0.1) is 11.7 Å². The van der Waals surface area contributed by atoms with Crippen LogP contribution in [0.5, 0.6) is 5.75 Å². The van der Waals surface area contributed by atoms with Gasteiger partial charge in [-0.1, -0.05) is 25.1 Å². The Hall–Kier alpha value is -1.10. The molecule has 1 aromatic rings. The molecule has 1 heterocycles. The number of aliphatic hydroxyl groups is 2. The number of β-amino-alcohol motifs (C(OH)–C–C–N with tert-alkyl or cyclic N) is 1. The van der Waals surface area contributed by atoms with Crippen LogP contribution in [-0.2, 0) is 6.42 Å². The van der Waals surface area contributed by atoms with E-state index in [0.717, 1.165) is 25.3 Å². The number of hydrogen-bond donors (Lipinski definition) is 2. The van der Waals surface area contributed by atoms with E-state index < -0.39 is 11.7 Å². The largest absolute Gasteiger partial charge is 0.492 e. The minimum absolute atomic E-state index is 0.506.